The monoisotopic (exact) mass is 273 g/mol. The molecule has 0 unspecified atom stereocenters. The largest absolute Gasteiger partial charge is 0.370 e. The maximum Gasteiger partial charge on any atom is 0.162 e. The zero-order valence-corrected chi connectivity index (χ0v) is 13.0. The van der Waals surface area contributed by atoms with Crippen molar-refractivity contribution in [3.8, 4) is 5.82 Å². The molecule has 20 heavy (non-hydrogen) atoms. The molecule has 0 aromatic carbocycles. The SMILES string of the molecule is CCCc1c(NCC)ncnc1-n1nc(C)c(C)c1C. The van der Waals surface area contributed by atoms with Crippen molar-refractivity contribution in [2.45, 2.75) is 47.5 Å². The van der Waals surface area contributed by atoms with Gasteiger partial charge in [-0.3, -0.25) is 0 Å². The van der Waals surface area contributed by atoms with Crippen LogP contribution in [0.4, 0.5) is 5.82 Å². The van der Waals surface area contributed by atoms with Gasteiger partial charge in [0.05, 0.1) is 5.69 Å². The molecule has 0 fully saturated rings. The van der Waals surface area contributed by atoms with E-state index in [1.165, 1.54) is 5.56 Å². The number of aromatic nitrogens is 4. The number of nitrogens with zero attached hydrogens (tertiary/aromatic N) is 4. The van der Waals surface area contributed by atoms with Gasteiger partial charge in [0.1, 0.15) is 12.1 Å². The van der Waals surface area contributed by atoms with Crippen molar-refractivity contribution in [2.75, 3.05) is 11.9 Å². The quantitative estimate of drug-likeness (QED) is 0.910. The summed E-state index contributed by atoms with van der Waals surface area (Å²) in [7, 11) is 0. The van der Waals surface area contributed by atoms with Crippen LogP contribution in [0.3, 0.4) is 0 Å². The summed E-state index contributed by atoms with van der Waals surface area (Å²) < 4.78 is 1.94. The van der Waals surface area contributed by atoms with Crippen molar-refractivity contribution in [1.82, 2.24) is 19.7 Å². The molecule has 2 rings (SSSR count). The molecule has 2 heterocycles. The molecule has 1 N–H and O–H groups in total. The van der Waals surface area contributed by atoms with Gasteiger partial charge in [-0.1, -0.05) is 13.3 Å². The van der Waals surface area contributed by atoms with E-state index in [0.717, 1.165) is 48.0 Å². The van der Waals surface area contributed by atoms with Crippen LogP contribution in [0.5, 0.6) is 0 Å². The van der Waals surface area contributed by atoms with E-state index < -0.39 is 0 Å². The summed E-state index contributed by atoms with van der Waals surface area (Å²) in [4.78, 5) is 8.84. The van der Waals surface area contributed by atoms with Crippen LogP contribution in [0.2, 0.25) is 0 Å². The van der Waals surface area contributed by atoms with Crippen molar-refractivity contribution in [1.29, 1.82) is 0 Å². The summed E-state index contributed by atoms with van der Waals surface area (Å²) in [6, 6.07) is 0. The van der Waals surface area contributed by atoms with Gasteiger partial charge in [0.15, 0.2) is 5.82 Å². The van der Waals surface area contributed by atoms with Crippen LogP contribution in [0, 0.1) is 20.8 Å². The maximum absolute atomic E-state index is 4.62. The number of nitrogens with one attached hydrogen (secondary N) is 1. The minimum absolute atomic E-state index is 0.851. The molecule has 0 bridgehead atoms. The second kappa shape index (κ2) is 6.03. The normalized spacial score (nSPS) is 10.8. The number of hydrogen-bond donors (Lipinski definition) is 1. The van der Waals surface area contributed by atoms with Crippen molar-refractivity contribution in [3.63, 3.8) is 0 Å². The minimum Gasteiger partial charge on any atom is -0.370 e. The van der Waals surface area contributed by atoms with E-state index in [-0.39, 0.29) is 0 Å². The first-order chi connectivity index (χ1) is 9.60. The average molecular weight is 273 g/mol. The third-order valence-electron chi connectivity index (χ3n) is 3.62. The molecule has 5 heteroatoms. The van der Waals surface area contributed by atoms with E-state index in [4.69, 9.17) is 0 Å². The Morgan fingerprint density at radius 1 is 1.15 bits per heavy atom. The molecular weight excluding hydrogens is 250 g/mol. The molecule has 0 amide bonds. The summed E-state index contributed by atoms with van der Waals surface area (Å²) in [5, 5.41) is 7.94. The van der Waals surface area contributed by atoms with Crippen LogP contribution in [-0.2, 0) is 6.42 Å². The molecule has 0 aliphatic heterocycles. The van der Waals surface area contributed by atoms with Gasteiger partial charge in [-0.15, -0.1) is 0 Å². The Kier molecular flexibility index (Phi) is 4.37. The number of aryl methyl sites for hydroxylation is 1. The fourth-order valence-electron chi connectivity index (χ4n) is 2.31. The summed E-state index contributed by atoms with van der Waals surface area (Å²) in [5.41, 5.74) is 4.55. The van der Waals surface area contributed by atoms with Crippen molar-refractivity contribution in [3.05, 3.63) is 28.8 Å². The molecule has 2 aromatic rings. The van der Waals surface area contributed by atoms with Crippen LogP contribution in [0.1, 0.15) is 42.8 Å². The van der Waals surface area contributed by atoms with Crippen LogP contribution >= 0.6 is 0 Å². The highest BCUT2D eigenvalue weighted by Crippen LogP contribution is 2.23. The Hall–Kier alpha value is -1.91. The smallest absolute Gasteiger partial charge is 0.162 e. The molecule has 0 aliphatic carbocycles. The van der Waals surface area contributed by atoms with E-state index in [2.05, 4.69) is 48.1 Å². The molecule has 5 nitrogen and oxygen atoms in total. The van der Waals surface area contributed by atoms with Crippen LogP contribution in [0.25, 0.3) is 5.82 Å². The Morgan fingerprint density at radius 3 is 2.45 bits per heavy atom. The Balaban J connectivity index is 2.60. The first kappa shape index (κ1) is 14.5. The molecule has 108 valence electrons. The second-order valence-corrected chi connectivity index (χ2v) is 5.01. The topological polar surface area (TPSA) is 55.6 Å². The summed E-state index contributed by atoms with van der Waals surface area (Å²) in [6.45, 7) is 11.3. The van der Waals surface area contributed by atoms with E-state index in [0.29, 0.717) is 0 Å². The molecule has 2 aromatic heterocycles. The third kappa shape index (κ3) is 2.53. The molecule has 0 saturated carbocycles. The zero-order valence-electron chi connectivity index (χ0n) is 13.0. The summed E-state index contributed by atoms with van der Waals surface area (Å²) in [6.07, 6.45) is 3.60. The van der Waals surface area contributed by atoms with Gasteiger partial charge in [0.2, 0.25) is 0 Å². The average Bonchev–Trinajstić information content (AvgIpc) is 2.69. The lowest BCUT2D eigenvalue weighted by Gasteiger charge is -2.14. The van der Waals surface area contributed by atoms with Crippen LogP contribution in [-0.4, -0.2) is 26.3 Å². The second-order valence-electron chi connectivity index (χ2n) is 5.01. The van der Waals surface area contributed by atoms with E-state index in [9.17, 15) is 0 Å². The predicted molar refractivity (Wildman–Crippen MR) is 81.5 cm³/mol. The highest BCUT2D eigenvalue weighted by Gasteiger charge is 2.16. The summed E-state index contributed by atoms with van der Waals surface area (Å²) >= 11 is 0. The molecular formula is C15H23N5. The molecule has 0 atom stereocenters. The first-order valence-electron chi connectivity index (χ1n) is 7.21. The Morgan fingerprint density at radius 2 is 1.90 bits per heavy atom. The Labute approximate surface area is 120 Å². The predicted octanol–water partition coefficient (Wildman–Crippen LogP) is 2.97. The van der Waals surface area contributed by atoms with Gasteiger partial charge in [-0.2, -0.15) is 5.10 Å². The lowest BCUT2D eigenvalue weighted by Crippen LogP contribution is -2.11. The minimum atomic E-state index is 0.851. The third-order valence-corrected chi connectivity index (χ3v) is 3.62. The highest BCUT2D eigenvalue weighted by atomic mass is 15.3. The van der Waals surface area contributed by atoms with Gasteiger partial charge in [-0.05, 0) is 39.7 Å². The van der Waals surface area contributed by atoms with Crippen molar-refractivity contribution in [2.24, 2.45) is 0 Å². The van der Waals surface area contributed by atoms with Crippen LogP contribution in [0.15, 0.2) is 6.33 Å². The van der Waals surface area contributed by atoms with E-state index in [1.807, 2.05) is 11.6 Å². The number of hydrogen-bond acceptors (Lipinski definition) is 4. The first-order valence-corrected chi connectivity index (χ1v) is 7.21. The standard InChI is InChI=1S/C15H23N5/c1-6-8-13-14(16-7-2)17-9-18-15(13)20-12(5)10(3)11(4)19-20/h9H,6-8H2,1-5H3,(H,16,17,18). The van der Waals surface area contributed by atoms with E-state index in [1.54, 1.807) is 6.33 Å². The van der Waals surface area contributed by atoms with Gasteiger partial charge >= 0.3 is 0 Å². The Bertz CT molecular complexity index is 601. The molecule has 0 radical (unpaired) electrons. The highest BCUT2D eigenvalue weighted by molar-refractivity contribution is 5.52. The van der Waals surface area contributed by atoms with Gasteiger partial charge < -0.3 is 5.32 Å². The van der Waals surface area contributed by atoms with Gasteiger partial charge in [0, 0.05) is 17.8 Å². The molecule has 0 aliphatic rings. The fraction of sp³-hybridized carbons (Fsp3) is 0.533. The lowest BCUT2D eigenvalue weighted by molar-refractivity contribution is 0.772. The lowest BCUT2D eigenvalue weighted by atomic mass is 10.1. The zero-order chi connectivity index (χ0) is 14.7. The molecule has 0 spiro atoms. The number of anilines is 1. The fourth-order valence-corrected chi connectivity index (χ4v) is 2.31. The van der Waals surface area contributed by atoms with Crippen molar-refractivity contribution < 1.29 is 0 Å². The van der Waals surface area contributed by atoms with Crippen LogP contribution < -0.4 is 5.32 Å². The van der Waals surface area contributed by atoms with Gasteiger partial charge in [-0.25, -0.2) is 14.6 Å². The number of rotatable bonds is 5. The molecule has 0 saturated heterocycles. The van der Waals surface area contributed by atoms with Crippen molar-refractivity contribution >= 4 is 5.82 Å². The maximum atomic E-state index is 4.62. The summed E-state index contributed by atoms with van der Waals surface area (Å²) in [5.74, 6) is 1.82. The van der Waals surface area contributed by atoms with E-state index >= 15 is 0 Å². The van der Waals surface area contributed by atoms with Gasteiger partial charge in [0.25, 0.3) is 0 Å².